The number of carbonyl (C=O) groups is 1. The van der Waals surface area contributed by atoms with Crippen molar-refractivity contribution in [1.29, 1.82) is 0 Å². The van der Waals surface area contributed by atoms with Crippen LogP contribution in [-0.2, 0) is 4.79 Å². The number of ether oxygens (including phenoxy) is 1. The molecule has 1 rings (SSSR count). The molecular formula is C9H7Cl2O3-. The lowest BCUT2D eigenvalue weighted by molar-refractivity contribution is -0.309. The second-order valence-corrected chi connectivity index (χ2v) is 3.49. The lowest BCUT2D eigenvalue weighted by atomic mass is 10.2. The number of benzene rings is 1. The highest BCUT2D eigenvalue weighted by Crippen LogP contribution is 2.26. The number of halogens is 2. The monoisotopic (exact) mass is 233 g/mol. The van der Waals surface area contributed by atoms with Gasteiger partial charge in [0.05, 0.1) is 11.0 Å². The van der Waals surface area contributed by atoms with Gasteiger partial charge in [-0.1, -0.05) is 29.3 Å². The van der Waals surface area contributed by atoms with Gasteiger partial charge in [-0.25, -0.2) is 0 Å². The minimum absolute atomic E-state index is 0.224. The molecule has 0 aromatic heterocycles. The molecule has 1 unspecified atom stereocenters. The SMILES string of the molecule is Cc1ccc(OC(Cl)C(=O)[O-])c(Cl)c1. The fourth-order valence-corrected chi connectivity index (χ4v) is 1.24. The van der Waals surface area contributed by atoms with Crippen molar-refractivity contribution in [2.45, 2.75) is 12.5 Å². The molecule has 0 amide bonds. The molecule has 0 saturated heterocycles. The predicted molar refractivity (Wildman–Crippen MR) is 51.5 cm³/mol. The zero-order valence-corrected chi connectivity index (χ0v) is 8.80. The van der Waals surface area contributed by atoms with E-state index in [0.717, 1.165) is 5.56 Å². The Bertz CT molecular complexity index is 352. The molecule has 1 atom stereocenters. The van der Waals surface area contributed by atoms with Crippen molar-refractivity contribution < 1.29 is 14.6 Å². The average molecular weight is 234 g/mol. The minimum Gasteiger partial charge on any atom is -0.545 e. The van der Waals surface area contributed by atoms with Gasteiger partial charge in [0, 0.05) is 0 Å². The summed E-state index contributed by atoms with van der Waals surface area (Å²) in [4.78, 5) is 10.3. The fourth-order valence-electron chi connectivity index (χ4n) is 0.861. The lowest BCUT2D eigenvalue weighted by Crippen LogP contribution is -2.35. The van der Waals surface area contributed by atoms with E-state index >= 15 is 0 Å². The van der Waals surface area contributed by atoms with Crippen molar-refractivity contribution in [3.8, 4) is 5.75 Å². The van der Waals surface area contributed by atoms with Crippen LogP contribution in [-0.4, -0.2) is 11.5 Å². The molecule has 0 saturated carbocycles. The van der Waals surface area contributed by atoms with Gasteiger partial charge in [-0.3, -0.25) is 0 Å². The Kier molecular flexibility index (Phi) is 3.61. The molecule has 0 aliphatic heterocycles. The molecule has 0 bridgehead atoms. The first-order chi connectivity index (χ1) is 6.50. The zero-order chi connectivity index (χ0) is 10.7. The number of alkyl halides is 1. The number of hydrogen-bond acceptors (Lipinski definition) is 3. The third kappa shape index (κ3) is 2.79. The van der Waals surface area contributed by atoms with Gasteiger partial charge in [0.25, 0.3) is 0 Å². The van der Waals surface area contributed by atoms with E-state index in [4.69, 9.17) is 27.9 Å². The molecule has 0 aliphatic carbocycles. The largest absolute Gasteiger partial charge is 0.545 e. The van der Waals surface area contributed by atoms with Crippen LogP contribution in [0.1, 0.15) is 5.56 Å². The number of hydrogen-bond donors (Lipinski definition) is 0. The second kappa shape index (κ2) is 4.53. The van der Waals surface area contributed by atoms with E-state index < -0.39 is 11.5 Å². The van der Waals surface area contributed by atoms with Crippen LogP contribution in [0.15, 0.2) is 18.2 Å². The molecule has 76 valence electrons. The highest BCUT2D eigenvalue weighted by Gasteiger charge is 2.09. The van der Waals surface area contributed by atoms with E-state index in [2.05, 4.69) is 0 Å². The van der Waals surface area contributed by atoms with Gasteiger partial charge in [0.15, 0.2) is 0 Å². The first-order valence-electron chi connectivity index (χ1n) is 3.78. The summed E-state index contributed by atoms with van der Waals surface area (Å²) in [6.07, 6.45) is 0. The highest BCUT2D eigenvalue weighted by molar-refractivity contribution is 6.32. The van der Waals surface area contributed by atoms with Gasteiger partial charge in [0.2, 0.25) is 5.56 Å². The minimum atomic E-state index is -1.53. The summed E-state index contributed by atoms with van der Waals surface area (Å²) in [6.45, 7) is 1.85. The molecule has 0 fully saturated rings. The molecule has 1 aromatic rings. The Morgan fingerprint density at radius 2 is 2.21 bits per heavy atom. The third-order valence-electron chi connectivity index (χ3n) is 1.50. The van der Waals surface area contributed by atoms with Crippen LogP contribution in [0.3, 0.4) is 0 Å². The summed E-state index contributed by atoms with van der Waals surface area (Å²) >= 11 is 11.1. The molecule has 14 heavy (non-hydrogen) atoms. The average Bonchev–Trinajstić information content (AvgIpc) is 2.09. The van der Waals surface area contributed by atoms with Crippen molar-refractivity contribution in [2.24, 2.45) is 0 Å². The van der Waals surface area contributed by atoms with Crippen LogP contribution in [0.5, 0.6) is 5.75 Å². The number of aliphatic carboxylic acids is 1. The molecule has 3 nitrogen and oxygen atoms in total. The maximum absolute atomic E-state index is 10.3. The Hall–Kier alpha value is -0.930. The lowest BCUT2D eigenvalue weighted by Gasteiger charge is -2.14. The van der Waals surface area contributed by atoms with Crippen LogP contribution < -0.4 is 9.84 Å². The summed E-state index contributed by atoms with van der Waals surface area (Å²) in [5.41, 5.74) is -0.586. The van der Waals surface area contributed by atoms with Crippen LogP contribution >= 0.6 is 23.2 Å². The molecule has 0 radical (unpaired) electrons. The molecular weight excluding hydrogens is 227 g/mol. The molecule has 0 N–H and O–H groups in total. The summed E-state index contributed by atoms with van der Waals surface area (Å²) in [5, 5.41) is 10.6. The Labute approximate surface area is 91.2 Å². The van der Waals surface area contributed by atoms with Crippen molar-refractivity contribution in [3.05, 3.63) is 28.8 Å². The van der Waals surface area contributed by atoms with Crippen molar-refractivity contribution in [2.75, 3.05) is 0 Å². The number of carboxylic acid groups (broad SMARTS) is 1. The van der Waals surface area contributed by atoms with E-state index in [1.807, 2.05) is 6.92 Å². The number of rotatable bonds is 3. The topological polar surface area (TPSA) is 49.4 Å². The van der Waals surface area contributed by atoms with Gasteiger partial charge in [-0.05, 0) is 24.6 Å². The van der Waals surface area contributed by atoms with Crippen molar-refractivity contribution in [1.82, 2.24) is 0 Å². The fraction of sp³-hybridized carbons (Fsp3) is 0.222. The summed E-state index contributed by atoms with van der Waals surface area (Å²) in [7, 11) is 0. The summed E-state index contributed by atoms with van der Waals surface area (Å²) in [5.74, 6) is -1.27. The van der Waals surface area contributed by atoms with Gasteiger partial charge < -0.3 is 14.6 Å². The van der Waals surface area contributed by atoms with Crippen LogP contribution in [0.25, 0.3) is 0 Å². The Balaban J connectivity index is 2.82. The molecule has 5 heteroatoms. The van der Waals surface area contributed by atoms with Crippen molar-refractivity contribution >= 4 is 29.2 Å². The third-order valence-corrected chi connectivity index (χ3v) is 2.07. The zero-order valence-electron chi connectivity index (χ0n) is 7.29. The smallest absolute Gasteiger partial charge is 0.211 e. The first-order valence-corrected chi connectivity index (χ1v) is 4.60. The Morgan fingerprint density at radius 3 is 2.71 bits per heavy atom. The van der Waals surface area contributed by atoms with Gasteiger partial charge in [-0.2, -0.15) is 0 Å². The van der Waals surface area contributed by atoms with E-state index in [1.165, 1.54) is 0 Å². The van der Waals surface area contributed by atoms with E-state index in [1.54, 1.807) is 18.2 Å². The van der Waals surface area contributed by atoms with Gasteiger partial charge in [0.1, 0.15) is 5.75 Å². The van der Waals surface area contributed by atoms with Crippen molar-refractivity contribution in [3.63, 3.8) is 0 Å². The first kappa shape index (κ1) is 11.1. The number of aryl methyl sites for hydroxylation is 1. The standard InChI is InChI=1S/C9H8Cl2O3/c1-5-2-3-7(6(10)4-5)14-8(11)9(12)13/h2-4,8H,1H3,(H,12,13)/p-1. The maximum atomic E-state index is 10.3. The Morgan fingerprint density at radius 1 is 1.57 bits per heavy atom. The van der Waals surface area contributed by atoms with Crippen LogP contribution in [0.4, 0.5) is 0 Å². The summed E-state index contributed by atoms with van der Waals surface area (Å²) < 4.78 is 4.83. The number of carboxylic acids is 1. The molecule has 0 aliphatic rings. The number of carbonyl (C=O) groups excluding carboxylic acids is 1. The predicted octanol–water partition coefficient (Wildman–Crippen LogP) is 1.34. The molecule has 0 heterocycles. The normalized spacial score (nSPS) is 12.2. The maximum Gasteiger partial charge on any atom is 0.211 e. The summed E-state index contributed by atoms with van der Waals surface area (Å²) in [6, 6.07) is 4.94. The van der Waals surface area contributed by atoms with Crippen LogP contribution in [0, 0.1) is 6.92 Å². The van der Waals surface area contributed by atoms with E-state index in [9.17, 15) is 9.90 Å². The second-order valence-electron chi connectivity index (χ2n) is 2.69. The van der Waals surface area contributed by atoms with Gasteiger partial charge >= 0.3 is 0 Å². The quantitative estimate of drug-likeness (QED) is 0.741. The van der Waals surface area contributed by atoms with Crippen LogP contribution in [0.2, 0.25) is 5.02 Å². The van der Waals surface area contributed by atoms with Gasteiger partial charge in [-0.15, -0.1) is 0 Å². The molecule has 0 spiro atoms. The molecule has 1 aromatic carbocycles. The van der Waals surface area contributed by atoms with E-state index in [0.29, 0.717) is 5.02 Å². The van der Waals surface area contributed by atoms with E-state index in [-0.39, 0.29) is 5.75 Å². The highest BCUT2D eigenvalue weighted by atomic mass is 35.5.